The molecule has 0 amide bonds. The molecule has 0 saturated heterocycles. The van der Waals surface area contributed by atoms with Gasteiger partial charge in [-0.2, -0.15) is 17.2 Å². The first-order valence-electron chi connectivity index (χ1n) is 6.18. The predicted molar refractivity (Wildman–Crippen MR) is 79.6 cm³/mol. The van der Waals surface area contributed by atoms with E-state index in [1.165, 1.54) is 48.5 Å². The SMILES string of the molecule is Cc1ccc(S(=O)(=O)N=[S@@](=O)(c2ccccc2)C(F)F)cc1. The number of sulfonamides is 1. The van der Waals surface area contributed by atoms with Crippen molar-refractivity contribution in [3.63, 3.8) is 0 Å². The van der Waals surface area contributed by atoms with Gasteiger partial charge in [-0.25, -0.2) is 4.21 Å². The summed E-state index contributed by atoms with van der Waals surface area (Å²) in [5, 5.41) is 0. The van der Waals surface area contributed by atoms with Crippen LogP contribution in [0.5, 0.6) is 0 Å². The van der Waals surface area contributed by atoms with Crippen LogP contribution in [-0.4, -0.2) is 18.4 Å². The normalized spacial score (nSPS) is 14.5. The Morgan fingerprint density at radius 2 is 1.41 bits per heavy atom. The number of alkyl halides is 2. The van der Waals surface area contributed by atoms with Crippen molar-refractivity contribution in [2.45, 2.75) is 22.5 Å². The maximum Gasteiger partial charge on any atom is 0.324 e. The molecule has 0 saturated carbocycles. The molecule has 2 aromatic carbocycles. The van der Waals surface area contributed by atoms with Gasteiger partial charge >= 0.3 is 5.76 Å². The smallest absolute Gasteiger partial charge is 0.238 e. The molecule has 0 spiro atoms. The Morgan fingerprint density at radius 1 is 0.864 bits per heavy atom. The fraction of sp³-hybridized carbons (Fsp3) is 0.143. The zero-order chi connectivity index (χ0) is 16.4. The molecule has 0 aliphatic carbocycles. The van der Waals surface area contributed by atoms with E-state index in [1.807, 2.05) is 0 Å². The van der Waals surface area contributed by atoms with Crippen molar-refractivity contribution in [2.24, 2.45) is 3.77 Å². The van der Waals surface area contributed by atoms with Gasteiger partial charge in [-0.3, -0.25) is 0 Å². The van der Waals surface area contributed by atoms with E-state index in [2.05, 4.69) is 3.77 Å². The highest BCUT2D eigenvalue weighted by atomic mass is 32.3. The molecule has 0 fully saturated rings. The molecular weight excluding hydrogens is 332 g/mol. The van der Waals surface area contributed by atoms with Crippen LogP contribution in [0.1, 0.15) is 5.56 Å². The molecule has 22 heavy (non-hydrogen) atoms. The van der Waals surface area contributed by atoms with Crippen LogP contribution in [0, 0.1) is 6.92 Å². The van der Waals surface area contributed by atoms with Crippen molar-refractivity contribution >= 4 is 19.8 Å². The molecule has 2 rings (SSSR count). The third-order valence-electron chi connectivity index (χ3n) is 2.85. The lowest BCUT2D eigenvalue weighted by atomic mass is 10.2. The molecule has 0 radical (unpaired) electrons. The summed E-state index contributed by atoms with van der Waals surface area (Å²) in [5.41, 5.74) is 0.802. The zero-order valence-electron chi connectivity index (χ0n) is 11.5. The summed E-state index contributed by atoms with van der Waals surface area (Å²) in [7, 11) is -8.85. The molecule has 118 valence electrons. The van der Waals surface area contributed by atoms with Gasteiger partial charge in [0.05, 0.1) is 9.79 Å². The van der Waals surface area contributed by atoms with E-state index in [0.717, 1.165) is 5.56 Å². The first-order chi connectivity index (χ1) is 10.3. The summed E-state index contributed by atoms with van der Waals surface area (Å²) in [6, 6.07) is 12.2. The minimum Gasteiger partial charge on any atom is -0.238 e. The molecular formula is C14H13F2NO3S2. The molecule has 1 atom stereocenters. The highest BCUT2D eigenvalue weighted by Gasteiger charge is 2.28. The lowest BCUT2D eigenvalue weighted by Crippen LogP contribution is -2.14. The number of nitrogens with zero attached hydrogens (tertiary/aromatic N) is 1. The van der Waals surface area contributed by atoms with Gasteiger partial charge in [-0.1, -0.05) is 39.7 Å². The summed E-state index contributed by atoms with van der Waals surface area (Å²) in [5.74, 6) is -3.42. The van der Waals surface area contributed by atoms with Crippen LogP contribution in [0.4, 0.5) is 8.78 Å². The number of halogens is 2. The third-order valence-corrected chi connectivity index (χ3v) is 6.82. The zero-order valence-corrected chi connectivity index (χ0v) is 13.2. The molecule has 2 aromatic rings. The predicted octanol–water partition coefficient (Wildman–Crippen LogP) is 3.43. The van der Waals surface area contributed by atoms with Crippen LogP contribution in [0.25, 0.3) is 0 Å². The minimum absolute atomic E-state index is 0.276. The van der Waals surface area contributed by atoms with Crippen molar-refractivity contribution in [1.29, 1.82) is 0 Å². The summed E-state index contributed by atoms with van der Waals surface area (Å²) >= 11 is 0. The number of hydrogen-bond acceptors (Lipinski definition) is 3. The maximum atomic E-state index is 13.2. The topological polar surface area (TPSA) is 63.6 Å². The maximum absolute atomic E-state index is 13.2. The second-order valence-corrected chi connectivity index (χ2v) is 8.49. The Bertz CT molecular complexity index is 870. The van der Waals surface area contributed by atoms with Crippen LogP contribution in [0.2, 0.25) is 0 Å². The Balaban J connectivity index is 2.65. The number of rotatable bonds is 4. The van der Waals surface area contributed by atoms with Gasteiger partial charge in [0.2, 0.25) is 0 Å². The first-order valence-corrected chi connectivity index (χ1v) is 9.20. The van der Waals surface area contributed by atoms with Crippen LogP contribution >= 0.6 is 0 Å². The standard InChI is InChI=1S/C14H13F2NO3S2/c1-11-7-9-13(10-8-11)22(19,20)17-21(18,14(15)16)12-5-3-2-4-6-12/h2-10,14H,1H3/t21-/m1/s1. The highest BCUT2D eigenvalue weighted by Crippen LogP contribution is 2.25. The van der Waals surface area contributed by atoms with E-state index in [0.29, 0.717) is 0 Å². The van der Waals surface area contributed by atoms with E-state index in [-0.39, 0.29) is 9.79 Å². The average Bonchev–Trinajstić information content (AvgIpc) is 2.48. The molecule has 0 aromatic heterocycles. The van der Waals surface area contributed by atoms with E-state index < -0.39 is 25.5 Å². The van der Waals surface area contributed by atoms with Gasteiger partial charge in [-0.15, -0.1) is 0 Å². The largest absolute Gasteiger partial charge is 0.324 e. The minimum atomic E-state index is -4.46. The fourth-order valence-corrected chi connectivity index (χ4v) is 5.04. The van der Waals surface area contributed by atoms with Crippen molar-refractivity contribution < 1.29 is 21.4 Å². The van der Waals surface area contributed by atoms with E-state index in [4.69, 9.17) is 0 Å². The Kier molecular flexibility index (Phi) is 4.62. The van der Waals surface area contributed by atoms with Crippen LogP contribution in [0.15, 0.2) is 68.2 Å². The van der Waals surface area contributed by atoms with E-state index in [1.54, 1.807) is 13.0 Å². The highest BCUT2D eigenvalue weighted by molar-refractivity contribution is 8.03. The van der Waals surface area contributed by atoms with Gasteiger partial charge < -0.3 is 0 Å². The molecule has 0 heterocycles. The number of hydrogen-bond donors (Lipinski definition) is 0. The molecule has 0 aliphatic heterocycles. The first kappa shape index (κ1) is 16.6. The summed E-state index contributed by atoms with van der Waals surface area (Å²) in [6.07, 6.45) is 0. The number of benzene rings is 2. The second-order valence-electron chi connectivity index (χ2n) is 4.51. The fourth-order valence-electron chi connectivity index (χ4n) is 1.69. The van der Waals surface area contributed by atoms with Crippen LogP contribution in [-0.2, 0) is 19.8 Å². The molecule has 0 aliphatic rings. The molecule has 8 heteroatoms. The van der Waals surface area contributed by atoms with Crippen molar-refractivity contribution in [1.82, 2.24) is 0 Å². The monoisotopic (exact) mass is 345 g/mol. The summed E-state index contributed by atoms with van der Waals surface area (Å²) < 4.78 is 66.3. The second kappa shape index (κ2) is 6.13. The van der Waals surface area contributed by atoms with E-state index >= 15 is 0 Å². The van der Waals surface area contributed by atoms with Crippen LogP contribution in [0.3, 0.4) is 0 Å². The summed E-state index contributed by atoms with van der Waals surface area (Å²) in [6.45, 7) is 1.75. The molecule has 4 nitrogen and oxygen atoms in total. The van der Waals surface area contributed by atoms with Gasteiger partial charge in [0.15, 0.2) is 9.73 Å². The quantitative estimate of drug-likeness (QED) is 0.853. The lowest BCUT2D eigenvalue weighted by Gasteiger charge is -2.09. The Hall–Kier alpha value is -1.80. The van der Waals surface area contributed by atoms with E-state index in [9.17, 15) is 21.4 Å². The molecule has 0 N–H and O–H groups in total. The molecule has 0 unspecified atom stereocenters. The van der Waals surface area contributed by atoms with Gasteiger partial charge in [0.1, 0.15) is 0 Å². The average molecular weight is 345 g/mol. The van der Waals surface area contributed by atoms with Crippen molar-refractivity contribution in [2.75, 3.05) is 0 Å². The van der Waals surface area contributed by atoms with Gasteiger partial charge in [-0.05, 0) is 31.2 Å². The Morgan fingerprint density at radius 3 is 1.91 bits per heavy atom. The van der Waals surface area contributed by atoms with Gasteiger partial charge in [0.25, 0.3) is 10.0 Å². The summed E-state index contributed by atoms with van der Waals surface area (Å²) in [4.78, 5) is -0.594. The molecule has 0 bridgehead atoms. The Labute approximate surface area is 128 Å². The van der Waals surface area contributed by atoms with Crippen molar-refractivity contribution in [3.8, 4) is 0 Å². The van der Waals surface area contributed by atoms with Gasteiger partial charge in [0, 0.05) is 0 Å². The number of aryl methyl sites for hydroxylation is 1. The van der Waals surface area contributed by atoms with Crippen molar-refractivity contribution in [3.05, 3.63) is 60.2 Å². The van der Waals surface area contributed by atoms with Crippen LogP contribution < -0.4 is 0 Å². The third kappa shape index (κ3) is 3.33. The lowest BCUT2D eigenvalue weighted by molar-refractivity contribution is 0.241.